The normalized spacial score (nSPS) is 18.9. The van der Waals surface area contributed by atoms with E-state index in [1.165, 1.54) is 0 Å². The van der Waals surface area contributed by atoms with Gasteiger partial charge in [0.2, 0.25) is 5.91 Å². The van der Waals surface area contributed by atoms with Crippen LogP contribution in [-0.2, 0) is 16.0 Å². The minimum absolute atomic E-state index is 0.0630. The van der Waals surface area contributed by atoms with Crippen LogP contribution in [0.1, 0.15) is 12.5 Å². The van der Waals surface area contributed by atoms with Gasteiger partial charge < -0.3 is 20.1 Å². The van der Waals surface area contributed by atoms with Crippen LogP contribution in [0.3, 0.4) is 0 Å². The molecule has 1 unspecified atom stereocenters. The summed E-state index contributed by atoms with van der Waals surface area (Å²) in [6.07, 6.45) is 0.859. The lowest BCUT2D eigenvalue weighted by Crippen LogP contribution is -2.48. The van der Waals surface area contributed by atoms with Crippen LogP contribution in [0.5, 0.6) is 5.75 Å². The Morgan fingerprint density at radius 3 is 3.05 bits per heavy atom. The van der Waals surface area contributed by atoms with Gasteiger partial charge in [-0.25, -0.2) is 0 Å². The fourth-order valence-electron chi connectivity index (χ4n) is 2.10. The quantitative estimate of drug-likeness (QED) is 0.857. The highest BCUT2D eigenvalue weighted by atomic mass is 16.5. The molecule has 1 aromatic carbocycles. The molecule has 1 heterocycles. The molecule has 5 nitrogen and oxygen atoms in total. The van der Waals surface area contributed by atoms with Gasteiger partial charge in [-0.1, -0.05) is 6.92 Å². The maximum Gasteiger partial charge on any atom is 0.243 e. The zero-order valence-corrected chi connectivity index (χ0v) is 11.4. The Hall–Kier alpha value is -1.59. The van der Waals surface area contributed by atoms with Crippen LogP contribution in [0.15, 0.2) is 18.2 Å². The first-order valence-corrected chi connectivity index (χ1v) is 6.53. The minimum atomic E-state index is -0.277. The van der Waals surface area contributed by atoms with Crippen molar-refractivity contribution in [1.82, 2.24) is 5.32 Å². The van der Waals surface area contributed by atoms with E-state index in [1.807, 2.05) is 18.2 Å². The minimum Gasteiger partial charge on any atom is -0.496 e. The number of hydrogen-bond donors (Lipinski definition) is 2. The van der Waals surface area contributed by atoms with Crippen LogP contribution in [0.25, 0.3) is 0 Å². The number of amides is 1. The van der Waals surface area contributed by atoms with Crippen LogP contribution in [0.4, 0.5) is 5.69 Å². The Labute approximate surface area is 113 Å². The molecule has 0 saturated carbocycles. The molecule has 0 aromatic heterocycles. The van der Waals surface area contributed by atoms with Crippen molar-refractivity contribution >= 4 is 11.6 Å². The summed E-state index contributed by atoms with van der Waals surface area (Å²) in [5.74, 6) is 0.784. The molecular weight excluding hydrogens is 244 g/mol. The van der Waals surface area contributed by atoms with Crippen molar-refractivity contribution in [3.63, 3.8) is 0 Å². The van der Waals surface area contributed by atoms with Gasteiger partial charge in [0.15, 0.2) is 0 Å². The van der Waals surface area contributed by atoms with Crippen LogP contribution >= 0.6 is 0 Å². The first kappa shape index (κ1) is 13.8. The summed E-state index contributed by atoms with van der Waals surface area (Å²) in [4.78, 5) is 12.0. The van der Waals surface area contributed by atoms with E-state index in [1.54, 1.807) is 7.11 Å². The molecule has 1 fully saturated rings. The van der Waals surface area contributed by atoms with Crippen molar-refractivity contribution in [2.75, 3.05) is 32.2 Å². The molecule has 104 valence electrons. The number of rotatable bonds is 4. The summed E-state index contributed by atoms with van der Waals surface area (Å²) in [7, 11) is 1.65. The molecule has 19 heavy (non-hydrogen) atoms. The van der Waals surface area contributed by atoms with E-state index in [-0.39, 0.29) is 11.9 Å². The molecule has 0 radical (unpaired) electrons. The number of carbonyl (C=O) groups excluding carboxylic acids is 1. The molecular formula is C14H20N2O3. The lowest BCUT2D eigenvalue weighted by Gasteiger charge is -2.23. The highest BCUT2D eigenvalue weighted by Crippen LogP contribution is 2.23. The molecule has 1 aliphatic heterocycles. The number of carbonyl (C=O) groups is 1. The second-order valence-corrected chi connectivity index (χ2v) is 4.45. The molecule has 1 aromatic rings. The predicted octanol–water partition coefficient (Wildman–Crippen LogP) is 1.18. The van der Waals surface area contributed by atoms with Gasteiger partial charge in [0, 0.05) is 12.2 Å². The third-order valence-corrected chi connectivity index (χ3v) is 3.17. The van der Waals surface area contributed by atoms with Gasteiger partial charge in [0.05, 0.1) is 20.3 Å². The van der Waals surface area contributed by atoms with E-state index in [9.17, 15) is 4.79 Å². The summed E-state index contributed by atoms with van der Waals surface area (Å²) < 4.78 is 10.5. The number of nitrogens with one attached hydrogen (secondary N) is 2. The highest BCUT2D eigenvalue weighted by Gasteiger charge is 2.21. The van der Waals surface area contributed by atoms with Gasteiger partial charge in [-0.05, 0) is 30.2 Å². The Bertz CT molecular complexity index is 442. The first-order valence-electron chi connectivity index (χ1n) is 6.53. The van der Waals surface area contributed by atoms with E-state index in [4.69, 9.17) is 9.47 Å². The Morgan fingerprint density at radius 1 is 1.58 bits per heavy atom. The maximum atomic E-state index is 12.0. The van der Waals surface area contributed by atoms with Crippen LogP contribution in [0, 0.1) is 0 Å². The van der Waals surface area contributed by atoms with E-state index in [0.29, 0.717) is 19.8 Å². The third-order valence-electron chi connectivity index (χ3n) is 3.17. The molecule has 1 aliphatic rings. The van der Waals surface area contributed by atoms with E-state index in [2.05, 4.69) is 17.6 Å². The lowest BCUT2D eigenvalue weighted by molar-refractivity contribution is -0.120. The third kappa shape index (κ3) is 3.45. The molecule has 2 rings (SSSR count). The standard InChI is InChI=1S/C14H20N2O3/c1-3-10-8-11(4-5-13(10)18-2)16-14(17)12-9-19-7-6-15-12/h4-5,8,12,15H,3,6-7,9H2,1-2H3,(H,16,17). The van der Waals surface area contributed by atoms with E-state index >= 15 is 0 Å². The molecule has 1 atom stereocenters. The Morgan fingerprint density at radius 2 is 2.42 bits per heavy atom. The number of hydrogen-bond acceptors (Lipinski definition) is 4. The summed E-state index contributed by atoms with van der Waals surface area (Å²) in [5, 5.41) is 6.03. The molecule has 1 saturated heterocycles. The molecule has 2 N–H and O–H groups in total. The predicted molar refractivity (Wildman–Crippen MR) is 73.6 cm³/mol. The fraction of sp³-hybridized carbons (Fsp3) is 0.500. The zero-order valence-electron chi connectivity index (χ0n) is 11.4. The summed E-state index contributed by atoms with van der Waals surface area (Å²) >= 11 is 0. The highest BCUT2D eigenvalue weighted by molar-refractivity contribution is 5.95. The topological polar surface area (TPSA) is 59.6 Å². The average Bonchev–Trinajstić information content (AvgIpc) is 2.48. The van der Waals surface area contributed by atoms with E-state index < -0.39 is 0 Å². The van der Waals surface area contributed by atoms with Crippen molar-refractivity contribution in [3.8, 4) is 5.75 Å². The van der Waals surface area contributed by atoms with Crippen LogP contribution < -0.4 is 15.4 Å². The monoisotopic (exact) mass is 264 g/mol. The van der Waals surface area contributed by atoms with Crippen molar-refractivity contribution in [2.24, 2.45) is 0 Å². The largest absolute Gasteiger partial charge is 0.496 e. The van der Waals surface area contributed by atoms with Crippen molar-refractivity contribution < 1.29 is 14.3 Å². The molecule has 0 spiro atoms. The van der Waals surface area contributed by atoms with Gasteiger partial charge in [-0.15, -0.1) is 0 Å². The summed E-state index contributed by atoms with van der Waals surface area (Å²) in [6, 6.07) is 5.39. The van der Waals surface area contributed by atoms with E-state index in [0.717, 1.165) is 23.4 Å². The van der Waals surface area contributed by atoms with Crippen molar-refractivity contribution in [3.05, 3.63) is 23.8 Å². The number of anilines is 1. The second-order valence-electron chi connectivity index (χ2n) is 4.45. The van der Waals surface area contributed by atoms with Gasteiger partial charge in [-0.3, -0.25) is 4.79 Å². The number of methoxy groups -OCH3 is 1. The Kier molecular flexibility index (Phi) is 4.76. The zero-order chi connectivity index (χ0) is 13.7. The first-order chi connectivity index (χ1) is 9.24. The number of morpholine rings is 1. The Balaban J connectivity index is 2.03. The van der Waals surface area contributed by atoms with Crippen LogP contribution in [0.2, 0.25) is 0 Å². The average molecular weight is 264 g/mol. The smallest absolute Gasteiger partial charge is 0.243 e. The molecule has 0 bridgehead atoms. The van der Waals surface area contributed by atoms with Gasteiger partial charge in [0.25, 0.3) is 0 Å². The van der Waals surface area contributed by atoms with Crippen molar-refractivity contribution in [2.45, 2.75) is 19.4 Å². The number of benzene rings is 1. The fourth-order valence-corrected chi connectivity index (χ4v) is 2.10. The number of aryl methyl sites for hydroxylation is 1. The molecule has 5 heteroatoms. The molecule has 0 aliphatic carbocycles. The SMILES string of the molecule is CCc1cc(NC(=O)C2COCCN2)ccc1OC. The van der Waals surface area contributed by atoms with Gasteiger partial charge in [-0.2, -0.15) is 0 Å². The van der Waals surface area contributed by atoms with Gasteiger partial charge >= 0.3 is 0 Å². The summed E-state index contributed by atoms with van der Waals surface area (Å²) in [6.45, 7) is 3.84. The van der Waals surface area contributed by atoms with Gasteiger partial charge in [0.1, 0.15) is 11.8 Å². The van der Waals surface area contributed by atoms with Crippen LogP contribution in [-0.4, -0.2) is 38.8 Å². The summed E-state index contributed by atoms with van der Waals surface area (Å²) in [5.41, 5.74) is 1.86. The maximum absolute atomic E-state index is 12.0. The number of ether oxygens (including phenoxy) is 2. The second kappa shape index (κ2) is 6.54. The van der Waals surface area contributed by atoms with Crippen molar-refractivity contribution in [1.29, 1.82) is 0 Å². The molecule has 1 amide bonds. The lowest BCUT2D eigenvalue weighted by atomic mass is 10.1.